The Labute approximate surface area is 103 Å². The van der Waals surface area contributed by atoms with Crippen molar-refractivity contribution in [3.63, 3.8) is 0 Å². The van der Waals surface area contributed by atoms with E-state index in [4.69, 9.17) is 22.7 Å². The summed E-state index contributed by atoms with van der Waals surface area (Å²) in [6.07, 6.45) is 1.41. The molecule has 0 bridgehead atoms. The molecule has 0 aliphatic carbocycles. The average Bonchev–Trinajstić information content (AvgIpc) is 2.17. The van der Waals surface area contributed by atoms with E-state index < -0.39 is 5.60 Å². The molecule has 1 heterocycles. The molecule has 0 saturated carbocycles. The fourth-order valence-electron chi connectivity index (χ4n) is 2.03. The molecule has 1 rings (SSSR count). The first-order valence-electron chi connectivity index (χ1n) is 5.71. The van der Waals surface area contributed by atoms with Gasteiger partial charge in [0.15, 0.2) is 0 Å². The van der Waals surface area contributed by atoms with E-state index in [1.54, 1.807) is 0 Å². The van der Waals surface area contributed by atoms with Gasteiger partial charge in [-0.3, -0.25) is 0 Å². The Morgan fingerprint density at radius 2 is 2.12 bits per heavy atom. The minimum absolute atomic E-state index is 0.184. The molecule has 0 amide bonds. The Hall–Kier alpha value is -0.230. The highest BCUT2D eigenvalue weighted by molar-refractivity contribution is 7.80. The van der Waals surface area contributed by atoms with Crippen LogP contribution in [0.15, 0.2) is 0 Å². The lowest BCUT2D eigenvalue weighted by Gasteiger charge is -2.36. The zero-order valence-corrected chi connectivity index (χ0v) is 10.9. The van der Waals surface area contributed by atoms with E-state index in [0.717, 1.165) is 6.54 Å². The molecule has 4 nitrogen and oxygen atoms in total. The molecule has 16 heavy (non-hydrogen) atoms. The SMILES string of the molecule is CC(CN(C)CC1(O)CCOCC1)C(N)=S. The van der Waals surface area contributed by atoms with Gasteiger partial charge in [-0.05, 0) is 7.05 Å². The molecular weight excluding hydrogens is 224 g/mol. The molecule has 3 N–H and O–H groups in total. The van der Waals surface area contributed by atoms with E-state index in [2.05, 4.69) is 4.90 Å². The monoisotopic (exact) mass is 246 g/mol. The molecule has 0 radical (unpaired) electrons. The zero-order valence-electron chi connectivity index (χ0n) is 10.1. The number of likely N-dealkylation sites (N-methyl/N-ethyl adjacent to an activating group) is 1. The second kappa shape index (κ2) is 5.91. The van der Waals surface area contributed by atoms with E-state index >= 15 is 0 Å². The van der Waals surface area contributed by atoms with Crippen molar-refractivity contribution in [2.45, 2.75) is 25.4 Å². The summed E-state index contributed by atoms with van der Waals surface area (Å²) >= 11 is 4.94. The molecule has 1 unspecified atom stereocenters. The van der Waals surface area contributed by atoms with Crippen LogP contribution in [-0.2, 0) is 4.74 Å². The largest absolute Gasteiger partial charge is 0.393 e. The van der Waals surface area contributed by atoms with Crippen LogP contribution in [0.25, 0.3) is 0 Å². The molecule has 0 spiro atoms. The number of rotatable bonds is 5. The average molecular weight is 246 g/mol. The van der Waals surface area contributed by atoms with Crippen LogP contribution in [0, 0.1) is 5.92 Å². The van der Waals surface area contributed by atoms with Gasteiger partial charge in [-0.15, -0.1) is 0 Å². The molecule has 0 aromatic carbocycles. The lowest BCUT2D eigenvalue weighted by Crippen LogP contribution is -2.47. The van der Waals surface area contributed by atoms with Crippen molar-refractivity contribution in [1.82, 2.24) is 4.90 Å². The molecular formula is C11H22N2O2S. The predicted molar refractivity (Wildman–Crippen MR) is 68.4 cm³/mol. The standard InChI is InChI=1S/C11H22N2O2S/c1-9(10(12)16)7-13(2)8-11(14)3-5-15-6-4-11/h9,14H,3-8H2,1-2H3,(H2,12,16). The zero-order chi connectivity index (χ0) is 12.2. The van der Waals surface area contributed by atoms with Gasteiger partial charge >= 0.3 is 0 Å². The molecule has 5 heteroatoms. The van der Waals surface area contributed by atoms with Crippen molar-refractivity contribution < 1.29 is 9.84 Å². The first kappa shape index (κ1) is 13.8. The second-order valence-electron chi connectivity index (χ2n) is 4.84. The topological polar surface area (TPSA) is 58.7 Å². The van der Waals surface area contributed by atoms with Gasteiger partial charge in [0.05, 0.1) is 10.6 Å². The third-order valence-electron chi connectivity index (χ3n) is 3.06. The lowest BCUT2D eigenvalue weighted by atomic mass is 9.93. The summed E-state index contributed by atoms with van der Waals surface area (Å²) in [6, 6.07) is 0. The Morgan fingerprint density at radius 1 is 1.56 bits per heavy atom. The maximum atomic E-state index is 10.3. The van der Waals surface area contributed by atoms with Crippen molar-refractivity contribution in [2.75, 3.05) is 33.4 Å². The molecule has 0 aromatic heterocycles. The normalized spacial score (nSPS) is 22.0. The van der Waals surface area contributed by atoms with E-state index in [-0.39, 0.29) is 5.92 Å². The summed E-state index contributed by atoms with van der Waals surface area (Å²) in [7, 11) is 1.99. The third kappa shape index (κ3) is 4.33. The first-order valence-corrected chi connectivity index (χ1v) is 6.12. The van der Waals surface area contributed by atoms with Crippen LogP contribution in [0.5, 0.6) is 0 Å². The van der Waals surface area contributed by atoms with Gasteiger partial charge < -0.3 is 20.5 Å². The molecule has 94 valence electrons. The summed E-state index contributed by atoms with van der Waals surface area (Å²) in [4.78, 5) is 2.63. The minimum atomic E-state index is -0.608. The first-order chi connectivity index (χ1) is 7.43. The van der Waals surface area contributed by atoms with Gasteiger partial charge in [0, 0.05) is 45.1 Å². The molecule has 1 aliphatic rings. The fourth-order valence-corrected chi connectivity index (χ4v) is 2.11. The smallest absolute Gasteiger partial charge is 0.0817 e. The minimum Gasteiger partial charge on any atom is -0.393 e. The maximum absolute atomic E-state index is 10.3. The number of nitrogens with zero attached hydrogens (tertiary/aromatic N) is 1. The number of nitrogens with two attached hydrogens (primary N) is 1. The molecule has 1 fully saturated rings. The van der Waals surface area contributed by atoms with Gasteiger partial charge in [0.25, 0.3) is 0 Å². The van der Waals surface area contributed by atoms with E-state index in [0.29, 0.717) is 37.6 Å². The fraction of sp³-hybridized carbons (Fsp3) is 0.909. The van der Waals surface area contributed by atoms with Crippen molar-refractivity contribution in [3.05, 3.63) is 0 Å². The van der Waals surface area contributed by atoms with Crippen molar-refractivity contribution >= 4 is 17.2 Å². The number of aliphatic hydroxyl groups is 1. The second-order valence-corrected chi connectivity index (χ2v) is 5.31. The summed E-state index contributed by atoms with van der Waals surface area (Å²) in [5.74, 6) is 0.184. The summed E-state index contributed by atoms with van der Waals surface area (Å²) in [5, 5.41) is 10.3. The van der Waals surface area contributed by atoms with Gasteiger partial charge in [-0.2, -0.15) is 0 Å². The summed E-state index contributed by atoms with van der Waals surface area (Å²) in [5.41, 5.74) is 4.96. The Balaban J connectivity index is 2.37. The van der Waals surface area contributed by atoms with Crippen LogP contribution >= 0.6 is 12.2 Å². The van der Waals surface area contributed by atoms with Crippen LogP contribution < -0.4 is 5.73 Å². The van der Waals surface area contributed by atoms with Crippen LogP contribution in [0.2, 0.25) is 0 Å². The van der Waals surface area contributed by atoms with Gasteiger partial charge in [-0.25, -0.2) is 0 Å². The highest BCUT2D eigenvalue weighted by atomic mass is 32.1. The van der Waals surface area contributed by atoms with Crippen LogP contribution in [-0.4, -0.2) is 53.9 Å². The summed E-state index contributed by atoms with van der Waals surface area (Å²) < 4.78 is 5.25. The highest BCUT2D eigenvalue weighted by Crippen LogP contribution is 2.21. The van der Waals surface area contributed by atoms with Crippen LogP contribution in [0.4, 0.5) is 0 Å². The molecule has 1 saturated heterocycles. The van der Waals surface area contributed by atoms with E-state index in [1.165, 1.54) is 0 Å². The number of hydrogen-bond donors (Lipinski definition) is 2. The highest BCUT2D eigenvalue weighted by Gasteiger charge is 2.31. The van der Waals surface area contributed by atoms with Crippen molar-refractivity contribution in [2.24, 2.45) is 11.7 Å². The molecule has 1 atom stereocenters. The van der Waals surface area contributed by atoms with Gasteiger partial charge in [0.2, 0.25) is 0 Å². The molecule has 1 aliphatic heterocycles. The van der Waals surface area contributed by atoms with Gasteiger partial charge in [0.1, 0.15) is 0 Å². The van der Waals surface area contributed by atoms with Crippen molar-refractivity contribution in [1.29, 1.82) is 0 Å². The number of hydrogen-bond acceptors (Lipinski definition) is 4. The third-order valence-corrected chi connectivity index (χ3v) is 3.46. The maximum Gasteiger partial charge on any atom is 0.0817 e. The number of ether oxygens (including phenoxy) is 1. The van der Waals surface area contributed by atoms with Crippen LogP contribution in [0.1, 0.15) is 19.8 Å². The summed E-state index contributed by atoms with van der Waals surface area (Å²) in [6.45, 7) is 4.75. The quantitative estimate of drug-likeness (QED) is 0.687. The Kier molecular flexibility index (Phi) is 5.11. The Bertz CT molecular complexity index is 242. The molecule has 0 aromatic rings. The number of thiocarbonyl (C=S) groups is 1. The van der Waals surface area contributed by atoms with E-state index in [9.17, 15) is 5.11 Å². The van der Waals surface area contributed by atoms with Crippen LogP contribution in [0.3, 0.4) is 0 Å². The van der Waals surface area contributed by atoms with Crippen molar-refractivity contribution in [3.8, 4) is 0 Å². The predicted octanol–water partition coefficient (Wildman–Crippen LogP) is 0.382. The van der Waals surface area contributed by atoms with E-state index in [1.807, 2.05) is 14.0 Å². The van der Waals surface area contributed by atoms with Gasteiger partial charge in [-0.1, -0.05) is 19.1 Å². The Morgan fingerprint density at radius 3 is 2.62 bits per heavy atom. The lowest BCUT2D eigenvalue weighted by molar-refractivity contribution is -0.0772.